The lowest BCUT2D eigenvalue weighted by atomic mass is 10.1. The van der Waals surface area contributed by atoms with Crippen molar-refractivity contribution < 1.29 is 4.79 Å². The van der Waals surface area contributed by atoms with Gasteiger partial charge in [0.05, 0.1) is 6.42 Å². The standard InChI is InChI=1S/C14H21ClN2O.ClH/c1-2-3-4-13(10-16)17-14(18)9-11-5-7-12(15)8-6-11;/h5-8,13H,2-4,9-10,16H2,1H3,(H,17,18);1H. The summed E-state index contributed by atoms with van der Waals surface area (Å²) in [5.41, 5.74) is 6.60. The van der Waals surface area contributed by atoms with Crippen molar-refractivity contribution in [1.29, 1.82) is 0 Å². The molecule has 0 radical (unpaired) electrons. The third-order valence-corrected chi connectivity index (χ3v) is 3.09. The highest BCUT2D eigenvalue weighted by Gasteiger charge is 2.10. The second-order valence-corrected chi connectivity index (χ2v) is 4.88. The van der Waals surface area contributed by atoms with Crippen molar-refractivity contribution in [2.45, 2.75) is 38.6 Å². The number of hydrogen-bond donors (Lipinski definition) is 2. The molecule has 1 unspecified atom stereocenters. The molecule has 0 bridgehead atoms. The van der Waals surface area contributed by atoms with Crippen LogP contribution in [0.15, 0.2) is 24.3 Å². The van der Waals surface area contributed by atoms with E-state index in [9.17, 15) is 4.79 Å². The number of benzene rings is 1. The predicted octanol–water partition coefficient (Wildman–Crippen LogP) is 2.94. The monoisotopic (exact) mass is 304 g/mol. The van der Waals surface area contributed by atoms with E-state index in [0.29, 0.717) is 18.0 Å². The van der Waals surface area contributed by atoms with Gasteiger partial charge in [-0.15, -0.1) is 12.4 Å². The molecule has 1 aromatic rings. The van der Waals surface area contributed by atoms with Gasteiger partial charge in [0.2, 0.25) is 5.91 Å². The normalized spacial score (nSPS) is 11.5. The highest BCUT2D eigenvalue weighted by molar-refractivity contribution is 6.30. The summed E-state index contributed by atoms with van der Waals surface area (Å²) < 4.78 is 0. The summed E-state index contributed by atoms with van der Waals surface area (Å²) >= 11 is 5.80. The molecular formula is C14H22Cl2N2O. The predicted molar refractivity (Wildman–Crippen MR) is 82.9 cm³/mol. The number of carbonyl (C=O) groups is 1. The Balaban J connectivity index is 0.00000324. The third-order valence-electron chi connectivity index (χ3n) is 2.83. The summed E-state index contributed by atoms with van der Waals surface area (Å²) in [5.74, 6) is 0.0175. The summed E-state index contributed by atoms with van der Waals surface area (Å²) in [6.07, 6.45) is 3.52. The molecule has 0 saturated carbocycles. The molecule has 0 heterocycles. The molecule has 108 valence electrons. The highest BCUT2D eigenvalue weighted by atomic mass is 35.5. The Labute approximate surface area is 126 Å². The Kier molecular flexibility index (Phi) is 9.66. The van der Waals surface area contributed by atoms with Crippen LogP contribution in [0.25, 0.3) is 0 Å². The van der Waals surface area contributed by atoms with Crippen LogP contribution >= 0.6 is 24.0 Å². The number of nitrogens with two attached hydrogens (primary N) is 1. The van der Waals surface area contributed by atoms with Gasteiger partial charge in [-0.1, -0.05) is 43.5 Å². The van der Waals surface area contributed by atoms with Gasteiger partial charge in [0.15, 0.2) is 0 Å². The molecule has 0 saturated heterocycles. The van der Waals surface area contributed by atoms with Crippen molar-refractivity contribution in [2.24, 2.45) is 5.73 Å². The van der Waals surface area contributed by atoms with E-state index in [-0.39, 0.29) is 24.4 Å². The van der Waals surface area contributed by atoms with Crippen LogP contribution in [0.1, 0.15) is 31.7 Å². The molecule has 0 aliphatic carbocycles. The van der Waals surface area contributed by atoms with Crippen LogP contribution in [0, 0.1) is 0 Å². The molecule has 0 fully saturated rings. The maximum Gasteiger partial charge on any atom is 0.224 e. The van der Waals surface area contributed by atoms with Crippen molar-refractivity contribution in [2.75, 3.05) is 6.54 Å². The van der Waals surface area contributed by atoms with E-state index in [1.807, 2.05) is 12.1 Å². The molecule has 1 atom stereocenters. The van der Waals surface area contributed by atoms with Crippen LogP contribution in [0.4, 0.5) is 0 Å². The quantitative estimate of drug-likeness (QED) is 0.814. The molecule has 5 heteroatoms. The lowest BCUT2D eigenvalue weighted by Gasteiger charge is -2.16. The first-order valence-electron chi connectivity index (χ1n) is 6.39. The van der Waals surface area contributed by atoms with E-state index in [1.54, 1.807) is 12.1 Å². The minimum atomic E-state index is 0. The van der Waals surface area contributed by atoms with Crippen LogP contribution < -0.4 is 11.1 Å². The molecule has 3 N–H and O–H groups in total. The maximum atomic E-state index is 11.8. The largest absolute Gasteiger partial charge is 0.352 e. The van der Waals surface area contributed by atoms with Gasteiger partial charge in [-0.25, -0.2) is 0 Å². The number of nitrogens with one attached hydrogen (secondary N) is 1. The van der Waals surface area contributed by atoms with E-state index >= 15 is 0 Å². The van der Waals surface area contributed by atoms with Gasteiger partial charge < -0.3 is 11.1 Å². The third kappa shape index (κ3) is 7.41. The molecule has 0 aliphatic rings. The molecule has 1 amide bonds. The Bertz CT molecular complexity index is 368. The van der Waals surface area contributed by atoms with Gasteiger partial charge in [-0.3, -0.25) is 4.79 Å². The Morgan fingerprint density at radius 2 is 2.00 bits per heavy atom. The second kappa shape index (κ2) is 10.1. The number of halogens is 2. The summed E-state index contributed by atoms with van der Waals surface area (Å²) in [6, 6.07) is 7.41. The number of unbranched alkanes of at least 4 members (excludes halogenated alkanes) is 1. The van der Waals surface area contributed by atoms with Crippen molar-refractivity contribution in [3.63, 3.8) is 0 Å². The van der Waals surface area contributed by atoms with Crippen LogP contribution in [-0.2, 0) is 11.2 Å². The molecule has 3 nitrogen and oxygen atoms in total. The zero-order valence-corrected chi connectivity index (χ0v) is 12.8. The zero-order chi connectivity index (χ0) is 13.4. The maximum absolute atomic E-state index is 11.8. The van der Waals surface area contributed by atoms with E-state index in [4.69, 9.17) is 17.3 Å². The van der Waals surface area contributed by atoms with Crippen LogP contribution in [0.3, 0.4) is 0 Å². The average Bonchev–Trinajstić information content (AvgIpc) is 2.37. The molecule has 1 aromatic carbocycles. The van der Waals surface area contributed by atoms with Gasteiger partial charge in [0, 0.05) is 17.6 Å². The minimum absolute atomic E-state index is 0. The zero-order valence-electron chi connectivity index (χ0n) is 11.2. The highest BCUT2D eigenvalue weighted by Crippen LogP contribution is 2.10. The molecular weight excluding hydrogens is 283 g/mol. The number of rotatable bonds is 7. The van der Waals surface area contributed by atoms with Gasteiger partial charge in [0.25, 0.3) is 0 Å². The van der Waals surface area contributed by atoms with Gasteiger partial charge >= 0.3 is 0 Å². The minimum Gasteiger partial charge on any atom is -0.352 e. The summed E-state index contributed by atoms with van der Waals surface area (Å²) in [7, 11) is 0. The molecule has 1 rings (SSSR count). The van der Waals surface area contributed by atoms with Crippen molar-refractivity contribution in [3.8, 4) is 0 Å². The fourth-order valence-corrected chi connectivity index (χ4v) is 1.89. The van der Waals surface area contributed by atoms with Crippen LogP contribution in [0.5, 0.6) is 0 Å². The summed E-state index contributed by atoms with van der Waals surface area (Å²) in [5, 5.41) is 3.65. The van der Waals surface area contributed by atoms with Gasteiger partial charge in [0.1, 0.15) is 0 Å². The summed E-state index contributed by atoms with van der Waals surface area (Å²) in [6.45, 7) is 2.62. The van der Waals surface area contributed by atoms with Crippen molar-refractivity contribution in [3.05, 3.63) is 34.9 Å². The smallest absolute Gasteiger partial charge is 0.224 e. The van der Waals surface area contributed by atoms with E-state index in [2.05, 4.69) is 12.2 Å². The van der Waals surface area contributed by atoms with Crippen molar-refractivity contribution in [1.82, 2.24) is 5.32 Å². The summed E-state index contributed by atoms with van der Waals surface area (Å²) in [4.78, 5) is 11.8. The lowest BCUT2D eigenvalue weighted by molar-refractivity contribution is -0.121. The Morgan fingerprint density at radius 3 is 2.53 bits per heavy atom. The lowest BCUT2D eigenvalue weighted by Crippen LogP contribution is -2.40. The second-order valence-electron chi connectivity index (χ2n) is 4.45. The number of carbonyl (C=O) groups excluding carboxylic acids is 1. The average molecular weight is 305 g/mol. The van der Waals surface area contributed by atoms with Gasteiger partial charge in [-0.2, -0.15) is 0 Å². The van der Waals surface area contributed by atoms with E-state index in [1.165, 1.54) is 0 Å². The Hall–Kier alpha value is -0.770. The fourth-order valence-electron chi connectivity index (χ4n) is 1.77. The van der Waals surface area contributed by atoms with Crippen LogP contribution in [0.2, 0.25) is 5.02 Å². The first kappa shape index (κ1) is 18.2. The van der Waals surface area contributed by atoms with Crippen molar-refractivity contribution >= 4 is 29.9 Å². The Morgan fingerprint density at radius 1 is 1.37 bits per heavy atom. The molecule has 19 heavy (non-hydrogen) atoms. The van der Waals surface area contributed by atoms with E-state index in [0.717, 1.165) is 24.8 Å². The van der Waals surface area contributed by atoms with E-state index < -0.39 is 0 Å². The fraction of sp³-hybridized carbons (Fsp3) is 0.500. The topological polar surface area (TPSA) is 55.1 Å². The van der Waals surface area contributed by atoms with Gasteiger partial charge in [-0.05, 0) is 24.1 Å². The SMILES string of the molecule is CCCCC(CN)NC(=O)Cc1ccc(Cl)cc1.Cl. The first-order valence-corrected chi connectivity index (χ1v) is 6.77. The molecule has 0 spiro atoms. The first-order chi connectivity index (χ1) is 8.65. The number of amides is 1. The van der Waals surface area contributed by atoms with Crippen LogP contribution in [-0.4, -0.2) is 18.5 Å². The number of hydrogen-bond acceptors (Lipinski definition) is 2. The molecule has 0 aliphatic heterocycles. The molecule has 0 aromatic heterocycles.